The van der Waals surface area contributed by atoms with Gasteiger partial charge in [-0.3, -0.25) is 0 Å². The third-order valence-corrected chi connectivity index (χ3v) is 3.39. The molecule has 120 valence electrons. The van der Waals surface area contributed by atoms with Crippen LogP contribution in [0.2, 0.25) is 0 Å². The second-order valence-electron chi connectivity index (χ2n) is 6.79. The van der Waals surface area contributed by atoms with Crippen LogP contribution in [0.25, 0.3) is 0 Å². The molecule has 4 heteroatoms. The molecule has 0 amide bonds. The Labute approximate surface area is 125 Å². The first-order valence-electron chi connectivity index (χ1n) is 7.40. The summed E-state index contributed by atoms with van der Waals surface area (Å²) in [5, 5.41) is 10.8. The number of alkyl halides is 3. The molecule has 0 aliphatic rings. The molecule has 0 aliphatic heterocycles. The fraction of sp³-hybridized carbons (Fsp3) is 0.647. The Hall–Kier alpha value is -1.03. The van der Waals surface area contributed by atoms with Gasteiger partial charge in [-0.25, -0.2) is 0 Å². The summed E-state index contributed by atoms with van der Waals surface area (Å²) >= 11 is 0. The first kappa shape index (κ1) is 18.0. The van der Waals surface area contributed by atoms with Crippen molar-refractivity contribution in [3.8, 4) is 0 Å². The van der Waals surface area contributed by atoms with Crippen molar-refractivity contribution in [1.29, 1.82) is 0 Å². The van der Waals surface area contributed by atoms with Crippen LogP contribution in [0.15, 0.2) is 24.3 Å². The van der Waals surface area contributed by atoms with E-state index < -0.39 is 17.3 Å². The topological polar surface area (TPSA) is 20.2 Å². The van der Waals surface area contributed by atoms with Gasteiger partial charge < -0.3 is 5.11 Å². The molecule has 0 aromatic heterocycles. The van der Waals surface area contributed by atoms with Crippen LogP contribution in [-0.2, 0) is 12.6 Å². The number of hydrogen-bond acceptors (Lipinski definition) is 1. The van der Waals surface area contributed by atoms with E-state index in [1.165, 1.54) is 12.1 Å². The molecular weight excluding hydrogens is 277 g/mol. The summed E-state index contributed by atoms with van der Waals surface area (Å²) in [6.45, 7) is 8.16. The number of halogens is 3. The Kier molecular flexibility index (Phi) is 5.85. The van der Waals surface area contributed by atoms with Gasteiger partial charge in [-0.2, -0.15) is 13.2 Å². The van der Waals surface area contributed by atoms with Crippen LogP contribution in [0.1, 0.15) is 51.7 Å². The third kappa shape index (κ3) is 6.08. The van der Waals surface area contributed by atoms with E-state index in [9.17, 15) is 18.3 Å². The number of benzene rings is 1. The lowest BCUT2D eigenvalue weighted by atomic mass is 9.80. The molecule has 0 radical (unpaired) electrons. The van der Waals surface area contributed by atoms with Crippen LogP contribution < -0.4 is 0 Å². The number of hydrogen-bond donors (Lipinski definition) is 1. The van der Waals surface area contributed by atoms with Crippen LogP contribution in [0.5, 0.6) is 0 Å². The quantitative estimate of drug-likeness (QED) is 0.777. The maximum absolute atomic E-state index is 12.6. The standard InChI is InChI=1S/C17H25F3O/c1-12(2)9-16(21,10-13(3)4)11-14-5-7-15(8-6-14)17(18,19)20/h5-8,12-13,21H,9-11H2,1-4H3. The largest absolute Gasteiger partial charge is 0.416 e. The van der Waals surface area contributed by atoms with E-state index in [4.69, 9.17) is 0 Å². The first-order valence-corrected chi connectivity index (χ1v) is 7.40. The second kappa shape index (κ2) is 6.82. The van der Waals surface area contributed by atoms with Crippen molar-refractivity contribution in [3.63, 3.8) is 0 Å². The summed E-state index contributed by atoms with van der Waals surface area (Å²) in [4.78, 5) is 0. The molecule has 0 fully saturated rings. The lowest BCUT2D eigenvalue weighted by Crippen LogP contribution is -2.34. The van der Waals surface area contributed by atoms with Gasteiger partial charge >= 0.3 is 6.18 Å². The first-order chi connectivity index (χ1) is 9.52. The van der Waals surface area contributed by atoms with Crippen molar-refractivity contribution in [2.24, 2.45) is 11.8 Å². The smallest absolute Gasteiger partial charge is 0.390 e. The minimum Gasteiger partial charge on any atom is -0.390 e. The molecule has 0 heterocycles. The molecule has 0 atom stereocenters. The van der Waals surface area contributed by atoms with E-state index in [0.29, 0.717) is 31.1 Å². The molecule has 0 saturated heterocycles. The molecule has 1 rings (SSSR count). The highest BCUT2D eigenvalue weighted by Gasteiger charge is 2.32. The molecule has 1 nitrogen and oxygen atoms in total. The summed E-state index contributed by atoms with van der Waals surface area (Å²) < 4.78 is 37.7. The Balaban J connectivity index is 2.88. The van der Waals surface area contributed by atoms with Crippen molar-refractivity contribution in [2.45, 2.75) is 58.7 Å². The average Bonchev–Trinajstić information content (AvgIpc) is 2.25. The van der Waals surface area contributed by atoms with E-state index in [1.807, 2.05) is 27.7 Å². The van der Waals surface area contributed by atoms with Gasteiger partial charge in [-0.1, -0.05) is 39.8 Å². The van der Waals surface area contributed by atoms with Gasteiger partial charge in [-0.15, -0.1) is 0 Å². The van der Waals surface area contributed by atoms with Crippen LogP contribution >= 0.6 is 0 Å². The maximum atomic E-state index is 12.6. The van der Waals surface area contributed by atoms with Crippen molar-refractivity contribution in [2.75, 3.05) is 0 Å². The summed E-state index contributed by atoms with van der Waals surface area (Å²) in [6.07, 6.45) is -2.63. The monoisotopic (exact) mass is 302 g/mol. The minimum atomic E-state index is -4.31. The van der Waals surface area contributed by atoms with Crippen LogP contribution in [0.4, 0.5) is 13.2 Å². The van der Waals surface area contributed by atoms with Gasteiger partial charge in [0.05, 0.1) is 11.2 Å². The SMILES string of the molecule is CC(C)CC(O)(Cc1ccc(C(F)(F)F)cc1)CC(C)C. The summed E-state index contributed by atoms with van der Waals surface area (Å²) in [5.74, 6) is 0.673. The number of rotatable bonds is 6. The van der Waals surface area contributed by atoms with Gasteiger partial charge in [0.15, 0.2) is 0 Å². The van der Waals surface area contributed by atoms with E-state index in [0.717, 1.165) is 17.7 Å². The van der Waals surface area contributed by atoms with Crippen molar-refractivity contribution in [3.05, 3.63) is 35.4 Å². The van der Waals surface area contributed by atoms with Crippen molar-refractivity contribution in [1.82, 2.24) is 0 Å². The molecular formula is C17H25F3O. The van der Waals surface area contributed by atoms with Gasteiger partial charge in [-0.05, 0) is 42.4 Å². The molecule has 0 bridgehead atoms. The van der Waals surface area contributed by atoms with Gasteiger partial charge in [0.2, 0.25) is 0 Å². The minimum absolute atomic E-state index is 0.336. The van der Waals surface area contributed by atoms with Gasteiger partial charge in [0, 0.05) is 6.42 Å². The summed E-state index contributed by atoms with van der Waals surface area (Å²) in [6, 6.07) is 5.10. The van der Waals surface area contributed by atoms with Gasteiger partial charge in [0.1, 0.15) is 0 Å². The highest BCUT2D eigenvalue weighted by atomic mass is 19.4. The van der Waals surface area contributed by atoms with Crippen molar-refractivity contribution >= 4 is 0 Å². The van der Waals surface area contributed by atoms with E-state index in [2.05, 4.69) is 0 Å². The fourth-order valence-electron chi connectivity index (χ4n) is 2.94. The Morgan fingerprint density at radius 2 is 1.33 bits per heavy atom. The van der Waals surface area contributed by atoms with E-state index >= 15 is 0 Å². The normalized spacial score (nSPS) is 13.2. The predicted molar refractivity (Wildman–Crippen MR) is 79.0 cm³/mol. The zero-order valence-electron chi connectivity index (χ0n) is 13.2. The molecule has 1 N–H and O–H groups in total. The molecule has 1 aromatic rings. The molecule has 1 aromatic carbocycles. The zero-order chi connectivity index (χ0) is 16.3. The lowest BCUT2D eigenvalue weighted by Gasteiger charge is -2.32. The Bertz CT molecular complexity index is 422. The highest BCUT2D eigenvalue weighted by molar-refractivity contribution is 5.25. The van der Waals surface area contributed by atoms with Crippen LogP contribution in [-0.4, -0.2) is 10.7 Å². The maximum Gasteiger partial charge on any atom is 0.416 e. The number of aliphatic hydroxyl groups is 1. The second-order valence-corrected chi connectivity index (χ2v) is 6.79. The molecule has 21 heavy (non-hydrogen) atoms. The zero-order valence-corrected chi connectivity index (χ0v) is 13.2. The Morgan fingerprint density at radius 1 is 0.905 bits per heavy atom. The molecule has 0 spiro atoms. The summed E-state index contributed by atoms with van der Waals surface area (Å²) in [5.41, 5.74) is -0.767. The van der Waals surface area contributed by atoms with Crippen LogP contribution in [0.3, 0.4) is 0 Å². The highest BCUT2D eigenvalue weighted by Crippen LogP contribution is 2.32. The third-order valence-electron chi connectivity index (χ3n) is 3.39. The van der Waals surface area contributed by atoms with E-state index in [1.54, 1.807) is 0 Å². The van der Waals surface area contributed by atoms with Crippen LogP contribution in [0, 0.1) is 11.8 Å². The fourth-order valence-corrected chi connectivity index (χ4v) is 2.94. The van der Waals surface area contributed by atoms with Crippen molar-refractivity contribution < 1.29 is 18.3 Å². The summed E-state index contributed by atoms with van der Waals surface area (Å²) in [7, 11) is 0. The molecule has 0 saturated carbocycles. The molecule has 0 unspecified atom stereocenters. The lowest BCUT2D eigenvalue weighted by molar-refractivity contribution is -0.137. The van der Waals surface area contributed by atoms with Gasteiger partial charge in [0.25, 0.3) is 0 Å². The molecule has 0 aliphatic carbocycles. The predicted octanol–water partition coefficient (Wildman–Crippen LogP) is 5.07. The average molecular weight is 302 g/mol. The van der Waals surface area contributed by atoms with E-state index in [-0.39, 0.29) is 0 Å². The Morgan fingerprint density at radius 3 is 1.67 bits per heavy atom.